The Morgan fingerprint density at radius 1 is 1.56 bits per heavy atom. The second kappa shape index (κ2) is 3.18. The van der Waals surface area contributed by atoms with Gasteiger partial charge >= 0.3 is 0 Å². The van der Waals surface area contributed by atoms with E-state index in [1.54, 1.807) is 7.11 Å². The lowest BCUT2D eigenvalue weighted by atomic mass is 10.4. The second-order valence-corrected chi connectivity index (χ2v) is 2.60. The molecule has 0 spiro atoms. The van der Waals surface area contributed by atoms with Gasteiger partial charge in [0.05, 0.1) is 18.8 Å². The van der Waals surface area contributed by atoms with Crippen LogP contribution in [0.2, 0.25) is 0 Å². The quantitative estimate of drug-likeness (QED) is 0.569. The highest BCUT2D eigenvalue weighted by Gasteiger charge is 2.24. The van der Waals surface area contributed by atoms with E-state index in [2.05, 4.69) is 0 Å². The third kappa shape index (κ3) is 2.82. The predicted molar refractivity (Wildman–Crippen MR) is 35.4 cm³/mol. The van der Waals surface area contributed by atoms with Crippen LogP contribution in [-0.4, -0.2) is 25.9 Å². The highest BCUT2D eigenvalue weighted by Crippen LogP contribution is 2.24. The van der Waals surface area contributed by atoms with Crippen molar-refractivity contribution in [2.24, 2.45) is 0 Å². The summed E-state index contributed by atoms with van der Waals surface area (Å²) in [5, 5.41) is 0. The molecule has 0 aliphatic heterocycles. The molecular weight excluding hydrogens is 116 g/mol. The van der Waals surface area contributed by atoms with E-state index in [-0.39, 0.29) is 6.10 Å². The summed E-state index contributed by atoms with van der Waals surface area (Å²) in [5.41, 5.74) is 0. The Morgan fingerprint density at radius 3 is 2.67 bits per heavy atom. The molecule has 2 nitrogen and oxygen atoms in total. The number of hydrogen-bond acceptors (Lipinski definition) is 2. The molecule has 1 rings (SSSR count). The summed E-state index contributed by atoms with van der Waals surface area (Å²) in [6, 6.07) is 0. The third-order valence-corrected chi connectivity index (χ3v) is 1.35. The van der Waals surface area contributed by atoms with Crippen molar-refractivity contribution >= 4 is 0 Å². The standard InChI is InChI=1S/C7H14O2/c1-6(5-8-2)9-7-3-4-7/h6-7H,3-5H2,1-2H3. The number of rotatable bonds is 4. The number of ether oxygens (including phenoxy) is 2. The Balaban J connectivity index is 1.95. The first-order valence-electron chi connectivity index (χ1n) is 3.47. The van der Waals surface area contributed by atoms with E-state index in [0.29, 0.717) is 6.10 Å². The monoisotopic (exact) mass is 130 g/mol. The summed E-state index contributed by atoms with van der Waals surface area (Å²) in [4.78, 5) is 0. The van der Waals surface area contributed by atoms with Gasteiger partial charge in [0.1, 0.15) is 0 Å². The molecule has 54 valence electrons. The lowest BCUT2D eigenvalue weighted by Gasteiger charge is -2.09. The normalized spacial score (nSPS) is 22.0. The minimum atomic E-state index is 0.280. The van der Waals surface area contributed by atoms with Crippen molar-refractivity contribution in [2.45, 2.75) is 32.0 Å². The molecule has 1 aliphatic carbocycles. The van der Waals surface area contributed by atoms with Gasteiger partial charge < -0.3 is 9.47 Å². The van der Waals surface area contributed by atoms with Crippen LogP contribution in [0.15, 0.2) is 0 Å². The molecule has 0 saturated heterocycles. The summed E-state index contributed by atoms with van der Waals surface area (Å²) >= 11 is 0. The van der Waals surface area contributed by atoms with Crippen molar-refractivity contribution in [1.82, 2.24) is 0 Å². The van der Waals surface area contributed by atoms with Crippen LogP contribution in [0.1, 0.15) is 19.8 Å². The van der Waals surface area contributed by atoms with Crippen LogP contribution in [0.5, 0.6) is 0 Å². The van der Waals surface area contributed by atoms with Crippen LogP contribution in [0, 0.1) is 0 Å². The average Bonchev–Trinajstić information content (AvgIpc) is 2.50. The van der Waals surface area contributed by atoms with E-state index < -0.39 is 0 Å². The van der Waals surface area contributed by atoms with Crippen molar-refractivity contribution in [2.75, 3.05) is 13.7 Å². The Kier molecular flexibility index (Phi) is 2.49. The molecule has 0 amide bonds. The fourth-order valence-electron chi connectivity index (χ4n) is 0.807. The topological polar surface area (TPSA) is 18.5 Å². The van der Waals surface area contributed by atoms with Gasteiger partial charge in [-0.15, -0.1) is 0 Å². The van der Waals surface area contributed by atoms with Gasteiger partial charge in [-0.25, -0.2) is 0 Å². The molecule has 0 aromatic heterocycles. The molecule has 0 aromatic carbocycles. The van der Waals surface area contributed by atoms with Crippen molar-refractivity contribution in [3.63, 3.8) is 0 Å². The van der Waals surface area contributed by atoms with E-state index in [9.17, 15) is 0 Å². The Bertz CT molecular complexity index is 79.0. The smallest absolute Gasteiger partial charge is 0.0784 e. The van der Waals surface area contributed by atoms with E-state index in [4.69, 9.17) is 9.47 Å². The average molecular weight is 130 g/mol. The summed E-state index contributed by atoms with van der Waals surface area (Å²) in [5.74, 6) is 0. The first kappa shape index (κ1) is 7.03. The largest absolute Gasteiger partial charge is 0.382 e. The SMILES string of the molecule is COCC(C)OC1CC1. The van der Waals surface area contributed by atoms with Gasteiger partial charge in [0.25, 0.3) is 0 Å². The van der Waals surface area contributed by atoms with E-state index >= 15 is 0 Å². The molecule has 0 heterocycles. The molecule has 0 radical (unpaired) electrons. The Labute approximate surface area is 56.2 Å². The Morgan fingerprint density at radius 2 is 2.22 bits per heavy atom. The molecule has 1 saturated carbocycles. The highest BCUT2D eigenvalue weighted by molar-refractivity contribution is 4.74. The molecule has 0 bridgehead atoms. The molecule has 1 atom stereocenters. The van der Waals surface area contributed by atoms with Gasteiger partial charge in [-0.3, -0.25) is 0 Å². The van der Waals surface area contributed by atoms with Crippen molar-refractivity contribution in [3.8, 4) is 0 Å². The maximum absolute atomic E-state index is 5.48. The summed E-state index contributed by atoms with van der Waals surface area (Å²) in [6.07, 6.45) is 3.32. The summed E-state index contributed by atoms with van der Waals surface area (Å²) in [6.45, 7) is 2.76. The van der Waals surface area contributed by atoms with Crippen molar-refractivity contribution in [1.29, 1.82) is 0 Å². The van der Waals surface area contributed by atoms with Gasteiger partial charge in [0.2, 0.25) is 0 Å². The van der Waals surface area contributed by atoms with Gasteiger partial charge in [0, 0.05) is 7.11 Å². The minimum absolute atomic E-state index is 0.280. The first-order chi connectivity index (χ1) is 4.33. The lowest BCUT2D eigenvalue weighted by molar-refractivity contribution is -0.000367. The molecule has 1 aliphatic rings. The lowest BCUT2D eigenvalue weighted by Crippen LogP contribution is -2.15. The van der Waals surface area contributed by atoms with Crippen molar-refractivity contribution < 1.29 is 9.47 Å². The zero-order chi connectivity index (χ0) is 6.69. The molecule has 9 heavy (non-hydrogen) atoms. The maximum Gasteiger partial charge on any atom is 0.0784 e. The zero-order valence-electron chi connectivity index (χ0n) is 6.09. The summed E-state index contributed by atoms with van der Waals surface area (Å²) < 4.78 is 10.4. The van der Waals surface area contributed by atoms with Crippen molar-refractivity contribution in [3.05, 3.63) is 0 Å². The maximum atomic E-state index is 5.48. The molecule has 1 fully saturated rings. The van der Waals surface area contributed by atoms with Gasteiger partial charge in [0.15, 0.2) is 0 Å². The molecular formula is C7H14O2. The number of hydrogen-bond donors (Lipinski definition) is 0. The van der Waals surface area contributed by atoms with E-state index in [1.807, 2.05) is 6.92 Å². The van der Waals surface area contributed by atoms with Crippen LogP contribution in [0.4, 0.5) is 0 Å². The third-order valence-electron chi connectivity index (χ3n) is 1.35. The van der Waals surface area contributed by atoms with Crippen LogP contribution in [0.25, 0.3) is 0 Å². The van der Waals surface area contributed by atoms with Crippen LogP contribution < -0.4 is 0 Å². The van der Waals surface area contributed by atoms with Crippen LogP contribution in [-0.2, 0) is 9.47 Å². The number of methoxy groups -OCH3 is 1. The van der Waals surface area contributed by atoms with Crippen LogP contribution >= 0.6 is 0 Å². The predicted octanol–water partition coefficient (Wildman–Crippen LogP) is 1.20. The Hall–Kier alpha value is -0.0800. The second-order valence-electron chi connectivity index (χ2n) is 2.60. The molecule has 1 unspecified atom stereocenters. The molecule has 0 aromatic rings. The van der Waals surface area contributed by atoms with E-state index in [1.165, 1.54) is 12.8 Å². The van der Waals surface area contributed by atoms with E-state index in [0.717, 1.165) is 6.61 Å². The fraction of sp³-hybridized carbons (Fsp3) is 1.00. The first-order valence-corrected chi connectivity index (χ1v) is 3.47. The molecule has 2 heteroatoms. The minimum Gasteiger partial charge on any atom is -0.382 e. The highest BCUT2D eigenvalue weighted by atomic mass is 16.5. The van der Waals surface area contributed by atoms with Gasteiger partial charge in [-0.05, 0) is 19.8 Å². The molecule has 0 N–H and O–H groups in total. The van der Waals surface area contributed by atoms with Crippen LogP contribution in [0.3, 0.4) is 0 Å². The fourth-order valence-corrected chi connectivity index (χ4v) is 0.807. The van der Waals surface area contributed by atoms with Gasteiger partial charge in [-0.1, -0.05) is 0 Å². The summed E-state index contributed by atoms with van der Waals surface area (Å²) in [7, 11) is 1.70. The zero-order valence-corrected chi connectivity index (χ0v) is 6.09. The van der Waals surface area contributed by atoms with Gasteiger partial charge in [-0.2, -0.15) is 0 Å².